The summed E-state index contributed by atoms with van der Waals surface area (Å²) < 4.78 is 5.36. The van der Waals surface area contributed by atoms with Gasteiger partial charge in [0.1, 0.15) is 5.75 Å². The highest BCUT2D eigenvalue weighted by atomic mass is 16.5. The molecule has 0 heterocycles. The van der Waals surface area contributed by atoms with E-state index in [1.54, 1.807) is 7.11 Å². The van der Waals surface area contributed by atoms with Crippen LogP contribution in [0.1, 0.15) is 24.5 Å². The minimum atomic E-state index is 0.992. The van der Waals surface area contributed by atoms with Gasteiger partial charge in [-0.3, -0.25) is 0 Å². The Bertz CT molecular complexity index is 307. The van der Waals surface area contributed by atoms with Gasteiger partial charge in [-0.2, -0.15) is 0 Å². The Morgan fingerprint density at radius 1 is 1.29 bits per heavy atom. The standard InChI is InChI=1S/C12H19NO/c1-5-8-13-11-7-6-9(2)12(14-4)10(11)3/h6-7,13H,5,8H2,1-4H3. The predicted molar refractivity (Wildman–Crippen MR) is 61.2 cm³/mol. The van der Waals surface area contributed by atoms with E-state index in [1.165, 1.54) is 16.8 Å². The van der Waals surface area contributed by atoms with Gasteiger partial charge >= 0.3 is 0 Å². The van der Waals surface area contributed by atoms with Crippen molar-refractivity contribution in [1.82, 2.24) is 0 Å². The number of methoxy groups -OCH3 is 1. The van der Waals surface area contributed by atoms with Crippen molar-refractivity contribution in [3.63, 3.8) is 0 Å². The van der Waals surface area contributed by atoms with Crippen LogP contribution in [0.25, 0.3) is 0 Å². The van der Waals surface area contributed by atoms with E-state index in [4.69, 9.17) is 4.74 Å². The second-order valence-electron chi connectivity index (χ2n) is 3.52. The summed E-state index contributed by atoms with van der Waals surface area (Å²) >= 11 is 0. The maximum absolute atomic E-state index is 5.36. The van der Waals surface area contributed by atoms with E-state index >= 15 is 0 Å². The highest BCUT2D eigenvalue weighted by Gasteiger charge is 2.06. The van der Waals surface area contributed by atoms with E-state index in [-0.39, 0.29) is 0 Å². The third-order valence-electron chi connectivity index (χ3n) is 2.37. The number of rotatable bonds is 4. The van der Waals surface area contributed by atoms with Crippen molar-refractivity contribution >= 4 is 5.69 Å². The fraction of sp³-hybridized carbons (Fsp3) is 0.500. The van der Waals surface area contributed by atoms with E-state index in [0.717, 1.165) is 18.7 Å². The molecule has 0 fully saturated rings. The number of hydrogen-bond donors (Lipinski definition) is 1. The lowest BCUT2D eigenvalue weighted by atomic mass is 10.1. The van der Waals surface area contributed by atoms with Crippen molar-refractivity contribution in [2.24, 2.45) is 0 Å². The molecule has 0 aliphatic rings. The van der Waals surface area contributed by atoms with E-state index in [0.29, 0.717) is 0 Å². The second kappa shape index (κ2) is 4.89. The molecular formula is C12H19NO. The van der Waals surface area contributed by atoms with Gasteiger partial charge in [-0.05, 0) is 31.9 Å². The molecule has 2 heteroatoms. The maximum Gasteiger partial charge on any atom is 0.126 e. The first-order valence-corrected chi connectivity index (χ1v) is 5.08. The molecule has 0 spiro atoms. The summed E-state index contributed by atoms with van der Waals surface area (Å²) in [4.78, 5) is 0. The molecular weight excluding hydrogens is 174 g/mol. The monoisotopic (exact) mass is 193 g/mol. The molecule has 0 bridgehead atoms. The third kappa shape index (κ3) is 2.19. The fourth-order valence-corrected chi connectivity index (χ4v) is 1.59. The molecule has 1 N–H and O–H groups in total. The van der Waals surface area contributed by atoms with Crippen molar-refractivity contribution in [1.29, 1.82) is 0 Å². The lowest BCUT2D eigenvalue weighted by Crippen LogP contribution is -2.03. The number of hydrogen-bond acceptors (Lipinski definition) is 2. The molecule has 0 saturated heterocycles. The third-order valence-corrected chi connectivity index (χ3v) is 2.37. The van der Waals surface area contributed by atoms with E-state index in [2.05, 4.69) is 38.2 Å². The topological polar surface area (TPSA) is 21.3 Å². The Balaban J connectivity index is 2.96. The van der Waals surface area contributed by atoms with Crippen LogP contribution in [0.3, 0.4) is 0 Å². The van der Waals surface area contributed by atoms with Crippen LogP contribution in [-0.4, -0.2) is 13.7 Å². The van der Waals surface area contributed by atoms with Crippen LogP contribution < -0.4 is 10.1 Å². The van der Waals surface area contributed by atoms with E-state index < -0.39 is 0 Å². The van der Waals surface area contributed by atoms with Crippen molar-refractivity contribution in [3.05, 3.63) is 23.3 Å². The zero-order valence-electron chi connectivity index (χ0n) is 9.48. The molecule has 14 heavy (non-hydrogen) atoms. The number of ether oxygens (including phenoxy) is 1. The maximum atomic E-state index is 5.36. The summed E-state index contributed by atoms with van der Waals surface area (Å²) in [6.07, 6.45) is 1.13. The molecule has 1 aromatic rings. The molecule has 0 aromatic heterocycles. The first kappa shape index (κ1) is 10.9. The zero-order valence-corrected chi connectivity index (χ0v) is 9.48. The van der Waals surface area contributed by atoms with Gasteiger partial charge in [-0.25, -0.2) is 0 Å². The Morgan fingerprint density at radius 2 is 2.00 bits per heavy atom. The molecule has 1 aromatic carbocycles. The fourth-order valence-electron chi connectivity index (χ4n) is 1.59. The van der Waals surface area contributed by atoms with Crippen molar-refractivity contribution in [3.8, 4) is 5.75 Å². The molecule has 0 amide bonds. The smallest absolute Gasteiger partial charge is 0.126 e. The Labute approximate surface area is 86.3 Å². The van der Waals surface area contributed by atoms with Gasteiger partial charge in [-0.1, -0.05) is 13.0 Å². The number of nitrogens with one attached hydrogen (secondary N) is 1. The van der Waals surface area contributed by atoms with Crippen LogP contribution in [0.15, 0.2) is 12.1 Å². The number of benzene rings is 1. The number of anilines is 1. The SMILES string of the molecule is CCCNc1ccc(C)c(OC)c1C. The Hall–Kier alpha value is -1.18. The average Bonchev–Trinajstić information content (AvgIpc) is 2.18. The van der Waals surface area contributed by atoms with Gasteiger partial charge in [-0.15, -0.1) is 0 Å². The van der Waals surface area contributed by atoms with Crippen molar-refractivity contribution in [2.45, 2.75) is 27.2 Å². The van der Waals surface area contributed by atoms with Gasteiger partial charge < -0.3 is 10.1 Å². The molecule has 0 unspecified atom stereocenters. The molecule has 2 nitrogen and oxygen atoms in total. The highest BCUT2D eigenvalue weighted by Crippen LogP contribution is 2.28. The Kier molecular flexibility index (Phi) is 3.81. The second-order valence-corrected chi connectivity index (χ2v) is 3.52. The first-order chi connectivity index (χ1) is 6.70. The summed E-state index contributed by atoms with van der Waals surface area (Å²) in [5.41, 5.74) is 3.56. The minimum absolute atomic E-state index is 0.992. The largest absolute Gasteiger partial charge is 0.496 e. The normalized spacial score (nSPS) is 10.0. The highest BCUT2D eigenvalue weighted by molar-refractivity contribution is 5.59. The molecule has 0 radical (unpaired) electrons. The molecule has 1 rings (SSSR count). The molecule has 0 atom stereocenters. The van der Waals surface area contributed by atoms with Crippen LogP contribution in [0.5, 0.6) is 5.75 Å². The number of aryl methyl sites for hydroxylation is 1. The van der Waals surface area contributed by atoms with Gasteiger partial charge in [0, 0.05) is 17.8 Å². The van der Waals surface area contributed by atoms with Gasteiger partial charge in [0.2, 0.25) is 0 Å². The Morgan fingerprint density at radius 3 is 2.57 bits per heavy atom. The summed E-state index contributed by atoms with van der Waals surface area (Å²) in [6, 6.07) is 4.20. The summed E-state index contributed by atoms with van der Waals surface area (Å²) in [5.74, 6) is 0.992. The van der Waals surface area contributed by atoms with Gasteiger partial charge in [0.05, 0.1) is 7.11 Å². The summed E-state index contributed by atoms with van der Waals surface area (Å²) in [6.45, 7) is 7.32. The molecule has 0 aliphatic carbocycles. The van der Waals surface area contributed by atoms with Crippen LogP contribution in [0.4, 0.5) is 5.69 Å². The van der Waals surface area contributed by atoms with Crippen LogP contribution in [0, 0.1) is 13.8 Å². The van der Waals surface area contributed by atoms with Crippen molar-refractivity contribution in [2.75, 3.05) is 19.0 Å². The lowest BCUT2D eigenvalue weighted by Gasteiger charge is -2.14. The van der Waals surface area contributed by atoms with Crippen molar-refractivity contribution < 1.29 is 4.74 Å². The van der Waals surface area contributed by atoms with Gasteiger partial charge in [0.15, 0.2) is 0 Å². The van der Waals surface area contributed by atoms with Crippen LogP contribution in [0.2, 0.25) is 0 Å². The minimum Gasteiger partial charge on any atom is -0.496 e. The van der Waals surface area contributed by atoms with Crippen LogP contribution in [-0.2, 0) is 0 Å². The summed E-state index contributed by atoms with van der Waals surface area (Å²) in [5, 5.41) is 3.38. The average molecular weight is 193 g/mol. The quantitative estimate of drug-likeness (QED) is 0.793. The van der Waals surface area contributed by atoms with E-state index in [9.17, 15) is 0 Å². The molecule has 0 saturated carbocycles. The molecule has 0 aliphatic heterocycles. The lowest BCUT2D eigenvalue weighted by molar-refractivity contribution is 0.409. The first-order valence-electron chi connectivity index (χ1n) is 5.08. The van der Waals surface area contributed by atoms with Crippen LogP contribution >= 0.6 is 0 Å². The van der Waals surface area contributed by atoms with E-state index in [1.807, 2.05) is 0 Å². The molecule has 78 valence electrons. The van der Waals surface area contributed by atoms with Gasteiger partial charge in [0.25, 0.3) is 0 Å². The zero-order chi connectivity index (χ0) is 10.6. The summed E-state index contributed by atoms with van der Waals surface area (Å²) in [7, 11) is 1.72. The predicted octanol–water partition coefficient (Wildman–Crippen LogP) is 3.13.